The van der Waals surface area contributed by atoms with Crippen LogP contribution in [0.15, 0.2) is 30.5 Å². The molecule has 1 aromatic carbocycles. The number of ether oxygens (including phenoxy) is 3. The van der Waals surface area contributed by atoms with Crippen molar-refractivity contribution >= 4 is 11.8 Å². The quantitative estimate of drug-likeness (QED) is 0.467. The molecular formula is C15H15N3O6. The molecule has 126 valence electrons. The van der Waals surface area contributed by atoms with Crippen LogP contribution in [-0.4, -0.2) is 33.9 Å². The summed E-state index contributed by atoms with van der Waals surface area (Å²) in [5.41, 5.74) is 0.763. The highest BCUT2D eigenvalue weighted by molar-refractivity contribution is 5.69. The van der Waals surface area contributed by atoms with Crippen molar-refractivity contribution < 1.29 is 23.9 Å². The molecule has 1 atom stereocenters. The lowest BCUT2D eigenvalue weighted by Crippen LogP contribution is -2.17. The number of rotatable bonds is 5. The SMILES string of the molecule is CC(OC(=O)Cn1ccc([N+](=O)[O-])n1)c1ccc2c(c1)OCCO2. The maximum Gasteiger partial charge on any atom is 0.389 e. The predicted molar refractivity (Wildman–Crippen MR) is 80.8 cm³/mol. The molecule has 2 aromatic rings. The van der Waals surface area contributed by atoms with E-state index in [1.54, 1.807) is 25.1 Å². The van der Waals surface area contributed by atoms with Crippen LogP contribution in [0.4, 0.5) is 5.82 Å². The predicted octanol–water partition coefficient (Wildman–Crippen LogP) is 1.87. The van der Waals surface area contributed by atoms with Crippen molar-refractivity contribution in [1.82, 2.24) is 9.78 Å². The van der Waals surface area contributed by atoms with E-state index in [0.29, 0.717) is 24.7 Å². The summed E-state index contributed by atoms with van der Waals surface area (Å²) in [6, 6.07) is 6.55. The van der Waals surface area contributed by atoms with Crippen LogP contribution in [0.3, 0.4) is 0 Å². The Balaban J connectivity index is 1.62. The lowest BCUT2D eigenvalue weighted by Gasteiger charge is -2.20. The van der Waals surface area contributed by atoms with Crippen LogP contribution in [-0.2, 0) is 16.1 Å². The molecule has 0 radical (unpaired) electrons. The zero-order valence-electron chi connectivity index (χ0n) is 12.9. The van der Waals surface area contributed by atoms with Gasteiger partial charge in [-0.15, -0.1) is 0 Å². The Morgan fingerprint density at radius 3 is 2.83 bits per heavy atom. The van der Waals surface area contributed by atoms with Crippen LogP contribution in [0, 0.1) is 10.1 Å². The van der Waals surface area contributed by atoms with Gasteiger partial charge in [0.2, 0.25) is 0 Å². The van der Waals surface area contributed by atoms with E-state index < -0.39 is 17.0 Å². The molecule has 1 aliphatic heterocycles. The summed E-state index contributed by atoms with van der Waals surface area (Å²) in [6.07, 6.45) is 0.854. The van der Waals surface area contributed by atoms with Gasteiger partial charge < -0.3 is 24.3 Å². The van der Waals surface area contributed by atoms with E-state index >= 15 is 0 Å². The number of carbonyl (C=O) groups excluding carboxylic acids is 1. The van der Waals surface area contributed by atoms with E-state index in [4.69, 9.17) is 14.2 Å². The molecule has 1 aliphatic rings. The fourth-order valence-corrected chi connectivity index (χ4v) is 2.28. The molecule has 1 aromatic heterocycles. The van der Waals surface area contributed by atoms with Crippen molar-refractivity contribution in [2.45, 2.75) is 19.6 Å². The number of aromatic nitrogens is 2. The zero-order chi connectivity index (χ0) is 17.1. The van der Waals surface area contributed by atoms with Gasteiger partial charge in [-0.3, -0.25) is 0 Å². The number of benzene rings is 1. The second kappa shape index (κ2) is 6.57. The number of carbonyl (C=O) groups is 1. The second-order valence-corrected chi connectivity index (χ2v) is 5.16. The summed E-state index contributed by atoms with van der Waals surface area (Å²) in [6.45, 7) is 2.51. The van der Waals surface area contributed by atoms with Crippen molar-refractivity contribution in [1.29, 1.82) is 0 Å². The van der Waals surface area contributed by atoms with Gasteiger partial charge in [0.25, 0.3) is 0 Å². The number of hydrogen-bond donors (Lipinski definition) is 0. The summed E-state index contributed by atoms with van der Waals surface area (Å²) in [5.74, 6) is 0.412. The molecule has 1 unspecified atom stereocenters. The van der Waals surface area contributed by atoms with Crippen molar-refractivity contribution in [2.24, 2.45) is 0 Å². The first-order valence-electron chi connectivity index (χ1n) is 7.30. The van der Waals surface area contributed by atoms with Gasteiger partial charge in [-0.05, 0) is 29.5 Å². The van der Waals surface area contributed by atoms with Crippen molar-refractivity contribution in [3.8, 4) is 11.5 Å². The Hall–Kier alpha value is -3.10. The van der Waals surface area contributed by atoms with Crippen molar-refractivity contribution in [3.63, 3.8) is 0 Å². The zero-order valence-corrected chi connectivity index (χ0v) is 12.9. The molecule has 3 rings (SSSR count). The molecule has 9 nitrogen and oxygen atoms in total. The van der Waals surface area contributed by atoms with Gasteiger partial charge >= 0.3 is 11.8 Å². The molecule has 24 heavy (non-hydrogen) atoms. The summed E-state index contributed by atoms with van der Waals surface area (Å²) in [4.78, 5) is 21.9. The van der Waals surface area contributed by atoms with Crippen molar-refractivity contribution in [2.75, 3.05) is 13.2 Å². The minimum Gasteiger partial charge on any atom is -0.486 e. The molecule has 9 heteroatoms. The van der Waals surface area contributed by atoms with Crippen LogP contribution >= 0.6 is 0 Å². The summed E-state index contributed by atoms with van der Waals surface area (Å²) in [5, 5.41) is 14.2. The molecule has 0 aliphatic carbocycles. The van der Waals surface area contributed by atoms with E-state index in [-0.39, 0.29) is 12.4 Å². The van der Waals surface area contributed by atoms with Gasteiger partial charge in [0.1, 0.15) is 19.3 Å². The topological polar surface area (TPSA) is 106 Å². The Bertz CT molecular complexity index is 772. The van der Waals surface area contributed by atoms with Gasteiger partial charge in [0, 0.05) is 0 Å². The van der Waals surface area contributed by atoms with E-state index in [1.165, 1.54) is 12.3 Å². The smallest absolute Gasteiger partial charge is 0.389 e. The van der Waals surface area contributed by atoms with E-state index in [2.05, 4.69) is 5.10 Å². The first-order valence-corrected chi connectivity index (χ1v) is 7.30. The summed E-state index contributed by atoms with van der Waals surface area (Å²) < 4.78 is 17.4. The second-order valence-electron chi connectivity index (χ2n) is 5.16. The van der Waals surface area contributed by atoms with Crippen LogP contribution in [0.5, 0.6) is 11.5 Å². The van der Waals surface area contributed by atoms with Crippen molar-refractivity contribution in [3.05, 3.63) is 46.1 Å². The average Bonchev–Trinajstić information content (AvgIpc) is 3.03. The highest BCUT2D eigenvalue weighted by Crippen LogP contribution is 2.33. The Morgan fingerprint density at radius 1 is 1.38 bits per heavy atom. The fourth-order valence-electron chi connectivity index (χ4n) is 2.28. The minimum atomic E-state index is -0.625. The molecule has 0 bridgehead atoms. The van der Waals surface area contributed by atoms with Gasteiger partial charge in [-0.1, -0.05) is 6.07 Å². The molecule has 0 N–H and O–H groups in total. The average molecular weight is 333 g/mol. The lowest BCUT2D eigenvalue weighted by atomic mass is 10.1. The number of hydrogen-bond acceptors (Lipinski definition) is 7. The van der Waals surface area contributed by atoms with Crippen LogP contribution in [0.25, 0.3) is 0 Å². The molecular weight excluding hydrogens is 318 g/mol. The van der Waals surface area contributed by atoms with Crippen LogP contribution in [0.2, 0.25) is 0 Å². The Kier molecular flexibility index (Phi) is 4.32. The Labute approximate surface area is 136 Å². The van der Waals surface area contributed by atoms with E-state index in [0.717, 1.165) is 10.2 Å². The third kappa shape index (κ3) is 3.45. The van der Waals surface area contributed by atoms with E-state index in [1.807, 2.05) is 0 Å². The Morgan fingerprint density at radius 2 is 2.12 bits per heavy atom. The molecule has 0 amide bonds. The van der Waals surface area contributed by atoms with Crippen LogP contribution in [0.1, 0.15) is 18.6 Å². The monoisotopic (exact) mass is 333 g/mol. The molecule has 0 fully saturated rings. The van der Waals surface area contributed by atoms with Gasteiger partial charge in [0.05, 0.1) is 17.4 Å². The normalized spacial score (nSPS) is 14.0. The standard InChI is InChI=1S/C15H15N3O6/c1-10(11-2-3-12-13(8-11)23-7-6-22-12)24-15(19)9-17-5-4-14(16-17)18(20)21/h2-5,8,10H,6-7,9H2,1H3. The number of fused-ring (bicyclic) bond motifs is 1. The largest absolute Gasteiger partial charge is 0.486 e. The number of esters is 1. The molecule has 0 saturated heterocycles. The lowest BCUT2D eigenvalue weighted by molar-refractivity contribution is -0.389. The maximum atomic E-state index is 12.0. The minimum absolute atomic E-state index is 0.206. The van der Waals surface area contributed by atoms with Gasteiger partial charge in [-0.25, -0.2) is 4.79 Å². The van der Waals surface area contributed by atoms with Gasteiger partial charge in [0.15, 0.2) is 18.0 Å². The van der Waals surface area contributed by atoms with E-state index in [9.17, 15) is 14.9 Å². The molecule has 0 spiro atoms. The third-order valence-electron chi connectivity index (χ3n) is 3.45. The van der Waals surface area contributed by atoms with Crippen LogP contribution < -0.4 is 9.47 Å². The fraction of sp³-hybridized carbons (Fsp3) is 0.333. The maximum absolute atomic E-state index is 12.0. The summed E-state index contributed by atoms with van der Waals surface area (Å²) in [7, 11) is 0. The molecule has 0 saturated carbocycles. The first-order chi connectivity index (χ1) is 11.5. The first kappa shape index (κ1) is 15.8. The highest BCUT2D eigenvalue weighted by Gasteiger charge is 2.19. The molecule has 2 heterocycles. The summed E-state index contributed by atoms with van der Waals surface area (Å²) >= 11 is 0. The number of nitrogens with zero attached hydrogens (tertiary/aromatic N) is 3. The third-order valence-corrected chi connectivity index (χ3v) is 3.45. The van der Waals surface area contributed by atoms with Gasteiger partial charge in [-0.2, -0.15) is 4.68 Å². The highest BCUT2D eigenvalue weighted by atomic mass is 16.6. The number of nitro groups is 1.